The standard InChI is InChI=1S/C10H4ClF2S/c11-10-2-1-9(14-10)6-3-7(12)5-8(13)4-6/h1-4H. The highest BCUT2D eigenvalue weighted by atomic mass is 35.5. The van der Waals surface area contributed by atoms with E-state index in [0.717, 1.165) is 4.88 Å². The molecule has 0 N–H and O–H groups in total. The molecule has 1 aromatic heterocycles. The van der Waals surface area contributed by atoms with E-state index in [0.29, 0.717) is 9.90 Å². The van der Waals surface area contributed by atoms with Gasteiger partial charge < -0.3 is 0 Å². The molecule has 1 heterocycles. The molecular weight excluding hydrogens is 226 g/mol. The first-order valence-corrected chi connectivity index (χ1v) is 4.99. The molecule has 0 atom stereocenters. The van der Waals surface area contributed by atoms with Crippen LogP contribution in [0.5, 0.6) is 0 Å². The van der Waals surface area contributed by atoms with Crippen LogP contribution in [0.1, 0.15) is 0 Å². The van der Waals surface area contributed by atoms with Crippen molar-refractivity contribution in [1.82, 2.24) is 0 Å². The van der Waals surface area contributed by atoms with E-state index in [4.69, 9.17) is 11.6 Å². The largest absolute Gasteiger partial charge is 0.206 e. The van der Waals surface area contributed by atoms with Crippen LogP contribution in [0.2, 0.25) is 4.34 Å². The third-order valence-electron chi connectivity index (χ3n) is 1.66. The van der Waals surface area contributed by atoms with Crippen molar-refractivity contribution in [2.75, 3.05) is 0 Å². The molecule has 0 unspecified atom stereocenters. The van der Waals surface area contributed by atoms with E-state index in [9.17, 15) is 8.78 Å². The summed E-state index contributed by atoms with van der Waals surface area (Å²) in [7, 11) is 0. The Morgan fingerprint density at radius 2 is 1.79 bits per heavy atom. The van der Waals surface area contributed by atoms with Gasteiger partial charge in [-0.25, -0.2) is 8.78 Å². The highest BCUT2D eigenvalue weighted by Crippen LogP contribution is 2.31. The predicted octanol–water partition coefficient (Wildman–Crippen LogP) is 4.15. The number of hydrogen-bond donors (Lipinski definition) is 0. The molecule has 71 valence electrons. The Hall–Kier alpha value is -0.930. The summed E-state index contributed by atoms with van der Waals surface area (Å²) in [6.07, 6.45) is 0. The average molecular weight is 230 g/mol. The summed E-state index contributed by atoms with van der Waals surface area (Å²) in [5.74, 6) is -1.41. The first-order valence-electron chi connectivity index (χ1n) is 3.79. The fourth-order valence-corrected chi connectivity index (χ4v) is 2.14. The molecule has 2 rings (SSSR count). The minimum atomic E-state index is -0.704. The smallest absolute Gasteiger partial charge is 0.134 e. The Bertz CT molecular complexity index is 445. The van der Waals surface area contributed by atoms with E-state index in [2.05, 4.69) is 0 Å². The van der Waals surface area contributed by atoms with Crippen molar-refractivity contribution in [3.8, 4) is 10.4 Å². The van der Waals surface area contributed by atoms with Gasteiger partial charge in [-0.2, -0.15) is 0 Å². The number of hydrogen-bond acceptors (Lipinski definition) is 1. The van der Waals surface area contributed by atoms with Crippen molar-refractivity contribution in [2.24, 2.45) is 0 Å². The molecule has 0 amide bonds. The summed E-state index contributed by atoms with van der Waals surface area (Å²) in [6, 6.07) is 7.79. The summed E-state index contributed by atoms with van der Waals surface area (Å²) in [4.78, 5) is 0.738. The lowest BCUT2D eigenvalue weighted by Crippen LogP contribution is -1.81. The lowest BCUT2D eigenvalue weighted by molar-refractivity contribution is 0.580. The molecule has 0 saturated heterocycles. The van der Waals surface area contributed by atoms with Gasteiger partial charge in [0.1, 0.15) is 11.6 Å². The molecule has 0 fully saturated rings. The van der Waals surface area contributed by atoms with Crippen LogP contribution in [-0.4, -0.2) is 0 Å². The van der Waals surface area contributed by atoms with Crippen LogP contribution in [0.4, 0.5) is 8.78 Å². The van der Waals surface area contributed by atoms with Gasteiger partial charge in [0.15, 0.2) is 0 Å². The highest BCUT2D eigenvalue weighted by Gasteiger charge is 2.05. The number of halogens is 3. The van der Waals surface area contributed by atoms with Crippen LogP contribution in [0.15, 0.2) is 24.3 Å². The van der Waals surface area contributed by atoms with E-state index in [1.165, 1.54) is 23.5 Å². The first kappa shape index (κ1) is 9.62. The maximum atomic E-state index is 12.8. The molecule has 4 heteroatoms. The summed E-state index contributed by atoms with van der Waals surface area (Å²) >= 11 is 6.99. The maximum absolute atomic E-state index is 12.8. The minimum Gasteiger partial charge on any atom is -0.206 e. The zero-order valence-corrected chi connectivity index (χ0v) is 8.42. The summed E-state index contributed by atoms with van der Waals surface area (Å²) < 4.78 is 26.2. The molecule has 0 nitrogen and oxygen atoms in total. The molecule has 0 aliphatic carbocycles. The van der Waals surface area contributed by atoms with Crippen molar-refractivity contribution >= 4 is 22.9 Å². The quantitative estimate of drug-likeness (QED) is 0.689. The highest BCUT2D eigenvalue weighted by molar-refractivity contribution is 7.19. The Labute approximate surface area is 88.8 Å². The van der Waals surface area contributed by atoms with Crippen molar-refractivity contribution in [3.05, 3.63) is 46.3 Å². The lowest BCUT2D eigenvalue weighted by Gasteiger charge is -1.97. The van der Waals surface area contributed by atoms with Gasteiger partial charge >= 0.3 is 0 Å². The molecule has 14 heavy (non-hydrogen) atoms. The Kier molecular flexibility index (Phi) is 2.52. The summed E-state index contributed by atoms with van der Waals surface area (Å²) in [5.41, 5.74) is 0.482. The summed E-state index contributed by atoms with van der Waals surface area (Å²) in [6.45, 7) is 0. The average Bonchev–Trinajstić information content (AvgIpc) is 2.50. The van der Waals surface area contributed by atoms with Gasteiger partial charge in [0.2, 0.25) is 0 Å². The molecule has 0 bridgehead atoms. The van der Waals surface area contributed by atoms with Gasteiger partial charge in [0.25, 0.3) is 0 Å². The van der Waals surface area contributed by atoms with Crippen LogP contribution in [0.25, 0.3) is 10.4 Å². The fourth-order valence-electron chi connectivity index (χ4n) is 1.11. The zero-order chi connectivity index (χ0) is 10.1. The van der Waals surface area contributed by atoms with E-state index < -0.39 is 11.6 Å². The van der Waals surface area contributed by atoms with Crippen LogP contribution < -0.4 is 0 Å². The molecule has 1 radical (unpaired) electrons. The number of thiophene rings is 1. The second kappa shape index (κ2) is 3.67. The molecule has 1 aromatic carbocycles. The van der Waals surface area contributed by atoms with Crippen molar-refractivity contribution in [1.29, 1.82) is 0 Å². The molecule has 0 saturated carbocycles. The topological polar surface area (TPSA) is 0 Å². The van der Waals surface area contributed by atoms with E-state index in [-0.39, 0.29) is 0 Å². The van der Waals surface area contributed by atoms with Crippen molar-refractivity contribution in [2.45, 2.75) is 0 Å². The van der Waals surface area contributed by atoms with Gasteiger partial charge in [-0.05, 0) is 29.8 Å². The number of benzene rings is 1. The fraction of sp³-hybridized carbons (Fsp3) is 0. The monoisotopic (exact) mass is 229 g/mol. The van der Waals surface area contributed by atoms with Crippen molar-refractivity contribution < 1.29 is 8.78 Å². The van der Waals surface area contributed by atoms with Crippen LogP contribution in [0.3, 0.4) is 0 Å². The first-order chi connectivity index (χ1) is 6.65. The Balaban J connectivity index is 2.51. The third kappa shape index (κ3) is 1.94. The lowest BCUT2D eigenvalue weighted by atomic mass is 10.2. The van der Waals surface area contributed by atoms with E-state index >= 15 is 0 Å². The van der Waals surface area contributed by atoms with Crippen LogP contribution >= 0.6 is 22.9 Å². The second-order valence-electron chi connectivity index (χ2n) is 2.67. The van der Waals surface area contributed by atoms with Crippen LogP contribution in [-0.2, 0) is 0 Å². The predicted molar refractivity (Wildman–Crippen MR) is 53.5 cm³/mol. The Morgan fingerprint density at radius 1 is 1.14 bits per heavy atom. The molecule has 0 aliphatic heterocycles. The van der Waals surface area contributed by atoms with Gasteiger partial charge in [-0.3, -0.25) is 0 Å². The maximum Gasteiger partial charge on any atom is 0.134 e. The van der Waals surface area contributed by atoms with E-state index in [1.807, 2.05) is 6.07 Å². The van der Waals surface area contributed by atoms with Gasteiger partial charge in [-0.15, -0.1) is 11.3 Å². The molecule has 2 aromatic rings. The normalized spacial score (nSPS) is 10.5. The van der Waals surface area contributed by atoms with Crippen LogP contribution in [0, 0.1) is 17.7 Å². The van der Waals surface area contributed by atoms with Gasteiger partial charge in [0, 0.05) is 4.88 Å². The van der Waals surface area contributed by atoms with E-state index in [1.54, 1.807) is 12.1 Å². The minimum absolute atomic E-state index is 0.482. The molecule has 0 spiro atoms. The second-order valence-corrected chi connectivity index (χ2v) is 4.38. The van der Waals surface area contributed by atoms with Gasteiger partial charge in [-0.1, -0.05) is 11.6 Å². The molecular formula is C10H4ClF2S. The SMILES string of the molecule is Fc1[c]c(F)cc(-c2ccc(Cl)s2)c1. The molecule has 0 aliphatic rings. The zero-order valence-electron chi connectivity index (χ0n) is 6.85. The number of rotatable bonds is 1. The van der Waals surface area contributed by atoms with Gasteiger partial charge in [0.05, 0.1) is 10.4 Å². The Morgan fingerprint density at radius 3 is 2.29 bits per heavy atom. The summed E-state index contributed by atoms with van der Waals surface area (Å²) in [5, 5.41) is 0. The van der Waals surface area contributed by atoms with Crippen molar-refractivity contribution in [3.63, 3.8) is 0 Å². The third-order valence-corrected chi connectivity index (χ3v) is 2.94.